The van der Waals surface area contributed by atoms with E-state index in [0.717, 1.165) is 10.6 Å². The van der Waals surface area contributed by atoms with E-state index in [1.54, 1.807) is 16.7 Å². The number of rotatable bonds is 6. The van der Waals surface area contributed by atoms with Gasteiger partial charge in [-0.05, 0) is 55.6 Å². The van der Waals surface area contributed by atoms with Crippen molar-refractivity contribution in [2.45, 2.75) is 24.3 Å². The van der Waals surface area contributed by atoms with Crippen LogP contribution in [0.5, 0.6) is 0 Å². The molecule has 1 saturated heterocycles. The van der Waals surface area contributed by atoms with Crippen LogP contribution >= 0.6 is 11.8 Å². The predicted molar refractivity (Wildman–Crippen MR) is 109 cm³/mol. The highest BCUT2D eigenvalue weighted by Gasteiger charge is 2.37. The van der Waals surface area contributed by atoms with Crippen LogP contribution in [0.25, 0.3) is 0 Å². The minimum atomic E-state index is -1.04. The van der Waals surface area contributed by atoms with Crippen LogP contribution in [0.1, 0.15) is 13.3 Å². The molecule has 0 bridgehead atoms. The van der Waals surface area contributed by atoms with Crippen LogP contribution in [0, 0.1) is 11.7 Å². The Kier molecular flexibility index (Phi) is 6.53. The number of hydrogen-bond donors (Lipinski definition) is 1. The number of nitrogens with one attached hydrogen (secondary N) is 1. The van der Waals surface area contributed by atoms with Gasteiger partial charge in [-0.2, -0.15) is 0 Å². The van der Waals surface area contributed by atoms with Crippen LogP contribution in [0.15, 0.2) is 53.4 Å². The molecule has 0 spiro atoms. The number of nitrogens with zero attached hydrogens (tertiary/aromatic N) is 1. The number of hydrogen-bond acceptors (Lipinski definition) is 5. The van der Waals surface area contributed by atoms with Gasteiger partial charge in [0.25, 0.3) is 5.91 Å². The van der Waals surface area contributed by atoms with Crippen molar-refractivity contribution < 1.29 is 23.5 Å². The second-order valence-corrected chi connectivity index (χ2v) is 7.56. The maximum Gasteiger partial charge on any atom is 0.312 e. The average Bonchev–Trinajstić information content (AvgIpc) is 3.11. The third-order valence-electron chi connectivity index (χ3n) is 4.60. The molecular weight excluding hydrogens is 395 g/mol. The van der Waals surface area contributed by atoms with Gasteiger partial charge in [0.05, 0.1) is 5.92 Å². The van der Waals surface area contributed by atoms with E-state index < -0.39 is 29.7 Å². The van der Waals surface area contributed by atoms with Crippen LogP contribution in [-0.2, 0) is 19.1 Å². The Balaban J connectivity index is 1.58. The van der Waals surface area contributed by atoms with Crippen LogP contribution in [0.3, 0.4) is 0 Å². The third-order valence-corrected chi connectivity index (χ3v) is 5.32. The molecule has 1 aliphatic rings. The van der Waals surface area contributed by atoms with Crippen molar-refractivity contribution in [2.24, 2.45) is 5.92 Å². The predicted octanol–water partition coefficient (Wildman–Crippen LogP) is 3.47. The highest BCUT2D eigenvalue weighted by Crippen LogP contribution is 2.29. The van der Waals surface area contributed by atoms with Crippen molar-refractivity contribution in [2.75, 3.05) is 23.0 Å². The first kappa shape index (κ1) is 20.9. The molecule has 1 N–H and O–H groups in total. The largest absolute Gasteiger partial charge is 0.452 e. The summed E-state index contributed by atoms with van der Waals surface area (Å²) in [5.74, 6) is -2.33. The lowest BCUT2D eigenvalue weighted by atomic mass is 10.1. The topological polar surface area (TPSA) is 75.7 Å². The zero-order chi connectivity index (χ0) is 21.0. The molecule has 29 heavy (non-hydrogen) atoms. The number of thioether (sulfide) groups is 1. The summed E-state index contributed by atoms with van der Waals surface area (Å²) < 4.78 is 18.2. The van der Waals surface area contributed by atoms with Crippen LogP contribution in [0.2, 0.25) is 0 Å². The molecule has 0 unspecified atom stereocenters. The van der Waals surface area contributed by atoms with Crippen molar-refractivity contribution in [1.82, 2.24) is 0 Å². The Labute approximate surface area is 172 Å². The zero-order valence-corrected chi connectivity index (χ0v) is 16.9. The number of benzene rings is 2. The first-order valence-electron chi connectivity index (χ1n) is 9.08. The van der Waals surface area contributed by atoms with Crippen LogP contribution in [-0.4, -0.2) is 36.7 Å². The second kappa shape index (κ2) is 9.09. The molecular formula is C21H21FN2O4S. The monoisotopic (exact) mass is 416 g/mol. The fourth-order valence-electron chi connectivity index (χ4n) is 2.99. The van der Waals surface area contributed by atoms with E-state index in [1.165, 1.54) is 31.2 Å². The summed E-state index contributed by atoms with van der Waals surface area (Å²) in [5, 5.41) is 2.56. The van der Waals surface area contributed by atoms with Crippen molar-refractivity contribution in [1.29, 1.82) is 0 Å². The zero-order valence-electron chi connectivity index (χ0n) is 16.1. The van der Waals surface area contributed by atoms with Gasteiger partial charge in [-0.1, -0.05) is 6.07 Å². The van der Waals surface area contributed by atoms with Gasteiger partial charge in [0.15, 0.2) is 6.10 Å². The van der Waals surface area contributed by atoms with E-state index in [9.17, 15) is 18.8 Å². The number of carbonyl (C=O) groups is 3. The smallest absolute Gasteiger partial charge is 0.312 e. The number of anilines is 2. The molecule has 0 aliphatic carbocycles. The minimum Gasteiger partial charge on any atom is -0.452 e. The van der Waals surface area contributed by atoms with E-state index in [1.807, 2.05) is 30.5 Å². The van der Waals surface area contributed by atoms with Gasteiger partial charge < -0.3 is 15.0 Å². The van der Waals surface area contributed by atoms with Crippen LogP contribution < -0.4 is 10.2 Å². The van der Waals surface area contributed by atoms with E-state index >= 15 is 0 Å². The fraction of sp³-hybridized carbons (Fsp3) is 0.286. The summed E-state index contributed by atoms with van der Waals surface area (Å²) in [7, 11) is 0. The Hall–Kier alpha value is -2.87. The summed E-state index contributed by atoms with van der Waals surface area (Å²) in [6, 6.07) is 12.8. The Morgan fingerprint density at radius 2 is 1.97 bits per heavy atom. The molecule has 0 saturated carbocycles. The first-order valence-corrected chi connectivity index (χ1v) is 10.3. The highest BCUT2D eigenvalue weighted by atomic mass is 32.2. The lowest BCUT2D eigenvalue weighted by Gasteiger charge is -2.18. The molecule has 3 rings (SSSR count). The van der Waals surface area contributed by atoms with Crippen molar-refractivity contribution in [3.05, 3.63) is 54.3 Å². The van der Waals surface area contributed by atoms with E-state index in [-0.39, 0.29) is 18.9 Å². The molecule has 0 aromatic heterocycles. The number of ether oxygens (including phenoxy) is 1. The van der Waals surface area contributed by atoms with Gasteiger partial charge in [-0.25, -0.2) is 4.39 Å². The SMILES string of the molecule is CSc1cccc(N2C[C@H](C(=O)O[C@@H](C)C(=O)Nc3ccc(F)cc3)CC2=O)c1. The standard InChI is InChI=1S/C21H21FN2O4S/c1-13(20(26)23-16-8-6-15(22)7-9-16)28-21(27)14-10-19(25)24(12-14)17-4-3-5-18(11-17)29-2/h3-9,11,13-14H,10,12H2,1-2H3,(H,23,26)/t13-,14+/m0/s1. The molecule has 6 nitrogen and oxygen atoms in total. The highest BCUT2D eigenvalue weighted by molar-refractivity contribution is 7.98. The number of esters is 1. The quantitative estimate of drug-likeness (QED) is 0.577. The Morgan fingerprint density at radius 3 is 2.66 bits per heavy atom. The van der Waals surface area contributed by atoms with E-state index in [2.05, 4.69) is 5.32 Å². The van der Waals surface area contributed by atoms with Gasteiger partial charge in [0, 0.05) is 29.2 Å². The third kappa shape index (κ3) is 5.14. The second-order valence-electron chi connectivity index (χ2n) is 6.68. The molecule has 1 aliphatic heterocycles. The molecule has 8 heteroatoms. The Bertz CT molecular complexity index is 919. The van der Waals surface area contributed by atoms with E-state index in [0.29, 0.717) is 5.69 Å². The van der Waals surface area contributed by atoms with Crippen molar-refractivity contribution >= 4 is 40.9 Å². The van der Waals surface area contributed by atoms with Gasteiger partial charge in [-0.3, -0.25) is 14.4 Å². The average molecular weight is 416 g/mol. The van der Waals surface area contributed by atoms with Crippen molar-refractivity contribution in [3.63, 3.8) is 0 Å². The normalized spacial score (nSPS) is 17.1. The summed E-state index contributed by atoms with van der Waals surface area (Å²) in [5.41, 5.74) is 1.13. The molecule has 0 radical (unpaired) electrons. The van der Waals surface area contributed by atoms with Gasteiger partial charge in [-0.15, -0.1) is 11.8 Å². The summed E-state index contributed by atoms with van der Waals surface area (Å²) in [4.78, 5) is 39.6. The van der Waals surface area contributed by atoms with Crippen molar-refractivity contribution in [3.8, 4) is 0 Å². The molecule has 2 amide bonds. The molecule has 2 aromatic carbocycles. The van der Waals surface area contributed by atoms with Gasteiger partial charge in [0.1, 0.15) is 5.82 Å². The van der Waals surface area contributed by atoms with Gasteiger partial charge >= 0.3 is 5.97 Å². The summed E-state index contributed by atoms with van der Waals surface area (Å²) in [6.45, 7) is 1.66. The molecule has 1 fully saturated rings. The number of amides is 2. The molecule has 2 atom stereocenters. The lowest BCUT2D eigenvalue weighted by Crippen LogP contribution is -2.33. The van der Waals surface area contributed by atoms with Crippen LogP contribution in [0.4, 0.5) is 15.8 Å². The Morgan fingerprint density at radius 1 is 1.24 bits per heavy atom. The number of halogens is 1. The molecule has 2 aromatic rings. The van der Waals surface area contributed by atoms with E-state index in [4.69, 9.17) is 4.74 Å². The fourth-order valence-corrected chi connectivity index (χ4v) is 3.45. The molecule has 152 valence electrons. The minimum absolute atomic E-state index is 0.0363. The summed E-state index contributed by atoms with van der Waals surface area (Å²) >= 11 is 1.57. The maximum absolute atomic E-state index is 12.9. The lowest BCUT2D eigenvalue weighted by molar-refractivity contribution is -0.157. The summed E-state index contributed by atoms with van der Waals surface area (Å²) in [6.07, 6.45) is 0.939. The molecule has 1 heterocycles. The van der Waals surface area contributed by atoms with Gasteiger partial charge in [0.2, 0.25) is 5.91 Å². The first-order chi connectivity index (χ1) is 13.9. The number of carbonyl (C=O) groups excluding carboxylic acids is 3. The maximum atomic E-state index is 12.9.